The Bertz CT molecular complexity index is 585. The fourth-order valence-corrected chi connectivity index (χ4v) is 1.52. The molecule has 0 atom stereocenters. The summed E-state index contributed by atoms with van der Waals surface area (Å²) >= 11 is 0. The summed E-state index contributed by atoms with van der Waals surface area (Å²) in [6.07, 6.45) is -3.18. The fraction of sp³-hybridized carbons (Fsp3) is 0.0714. The molecule has 2 aromatic carbocycles. The zero-order valence-corrected chi connectivity index (χ0v) is 9.66. The van der Waals surface area contributed by atoms with Crippen molar-refractivity contribution in [1.29, 1.82) is 0 Å². The van der Waals surface area contributed by atoms with Crippen molar-refractivity contribution in [3.63, 3.8) is 0 Å². The first kappa shape index (κ1) is 13.3. The molecule has 0 N–H and O–H groups in total. The first-order chi connectivity index (χ1) is 8.97. The summed E-state index contributed by atoms with van der Waals surface area (Å²) in [5.41, 5.74) is -0.439. The van der Waals surface area contributed by atoms with E-state index < -0.39 is 17.6 Å². The summed E-state index contributed by atoms with van der Waals surface area (Å²) in [4.78, 5) is 3.81. The second kappa shape index (κ2) is 5.22. The van der Waals surface area contributed by atoms with Gasteiger partial charge in [0.05, 0.1) is 11.3 Å². The number of alkyl halides is 3. The molecule has 5 heteroatoms. The van der Waals surface area contributed by atoms with Gasteiger partial charge in [0.1, 0.15) is 5.82 Å². The quantitative estimate of drug-likeness (QED) is 0.557. The van der Waals surface area contributed by atoms with Crippen LogP contribution < -0.4 is 0 Å². The molecule has 19 heavy (non-hydrogen) atoms. The van der Waals surface area contributed by atoms with Crippen LogP contribution in [-0.2, 0) is 6.18 Å². The second-order valence-corrected chi connectivity index (χ2v) is 3.82. The Morgan fingerprint density at radius 1 is 0.895 bits per heavy atom. The lowest BCUT2D eigenvalue weighted by Crippen LogP contribution is -2.04. The number of aliphatic imine (C=N–C) groups is 1. The molecule has 0 spiro atoms. The minimum Gasteiger partial charge on any atom is -0.256 e. The smallest absolute Gasteiger partial charge is 0.256 e. The zero-order chi connectivity index (χ0) is 13.9. The van der Waals surface area contributed by atoms with Crippen molar-refractivity contribution in [2.24, 2.45) is 4.99 Å². The first-order valence-electron chi connectivity index (χ1n) is 5.43. The van der Waals surface area contributed by atoms with Crippen molar-refractivity contribution in [2.45, 2.75) is 6.18 Å². The van der Waals surface area contributed by atoms with Crippen LogP contribution in [0.15, 0.2) is 53.5 Å². The Morgan fingerprint density at radius 3 is 2.16 bits per heavy atom. The molecule has 0 saturated carbocycles. The average Bonchev–Trinajstić information content (AvgIpc) is 2.37. The summed E-state index contributed by atoms with van der Waals surface area (Å²) in [7, 11) is 0. The van der Waals surface area contributed by atoms with Crippen LogP contribution in [0, 0.1) is 5.82 Å². The van der Waals surface area contributed by atoms with Crippen LogP contribution in [0.1, 0.15) is 11.1 Å². The van der Waals surface area contributed by atoms with Gasteiger partial charge in [0.15, 0.2) is 0 Å². The van der Waals surface area contributed by atoms with Gasteiger partial charge in [-0.2, -0.15) is 13.2 Å². The molecule has 0 aliphatic carbocycles. The summed E-state index contributed by atoms with van der Waals surface area (Å²) in [5, 5.41) is 0. The third-order valence-electron chi connectivity index (χ3n) is 2.43. The fourth-order valence-electron chi connectivity index (χ4n) is 1.52. The number of para-hydroxylation sites is 1. The highest BCUT2D eigenvalue weighted by atomic mass is 19.4. The first-order valence-corrected chi connectivity index (χ1v) is 5.43. The summed E-state index contributed by atoms with van der Waals surface area (Å²) in [6.45, 7) is 0. The molecule has 0 aliphatic heterocycles. The number of hydrogen-bond donors (Lipinski definition) is 0. The Morgan fingerprint density at radius 2 is 1.53 bits per heavy atom. The van der Waals surface area contributed by atoms with Gasteiger partial charge in [0.25, 0.3) is 0 Å². The molecule has 0 aliphatic rings. The molecule has 0 unspecified atom stereocenters. The molecule has 0 fully saturated rings. The molecule has 0 heterocycles. The molecule has 0 radical (unpaired) electrons. The Kier molecular flexibility index (Phi) is 3.64. The predicted molar refractivity (Wildman–Crippen MR) is 65.1 cm³/mol. The maximum absolute atomic E-state index is 12.7. The maximum Gasteiger partial charge on any atom is 0.418 e. The number of halogens is 4. The lowest BCUT2D eigenvalue weighted by atomic mass is 10.1. The van der Waals surface area contributed by atoms with Crippen molar-refractivity contribution in [1.82, 2.24) is 0 Å². The van der Waals surface area contributed by atoms with E-state index in [2.05, 4.69) is 4.99 Å². The summed E-state index contributed by atoms with van der Waals surface area (Å²) in [6, 6.07) is 10.4. The van der Waals surface area contributed by atoms with Gasteiger partial charge in [-0.1, -0.05) is 24.3 Å². The normalized spacial score (nSPS) is 12.0. The Balaban J connectivity index is 2.31. The van der Waals surface area contributed by atoms with E-state index in [1.165, 1.54) is 48.7 Å². The van der Waals surface area contributed by atoms with Crippen LogP contribution >= 0.6 is 0 Å². The van der Waals surface area contributed by atoms with Gasteiger partial charge >= 0.3 is 6.18 Å². The van der Waals surface area contributed by atoms with E-state index in [1.54, 1.807) is 0 Å². The van der Waals surface area contributed by atoms with Gasteiger partial charge in [-0.25, -0.2) is 4.39 Å². The molecule has 0 saturated heterocycles. The van der Waals surface area contributed by atoms with Crippen LogP contribution in [0.5, 0.6) is 0 Å². The molecule has 98 valence electrons. The van der Waals surface area contributed by atoms with Crippen molar-refractivity contribution >= 4 is 11.9 Å². The SMILES string of the molecule is Fc1ccc(C=Nc2ccccc2C(F)(F)F)cc1. The molecule has 0 bridgehead atoms. The van der Waals surface area contributed by atoms with E-state index in [1.807, 2.05) is 0 Å². The van der Waals surface area contributed by atoms with E-state index in [-0.39, 0.29) is 5.69 Å². The van der Waals surface area contributed by atoms with E-state index in [0.717, 1.165) is 6.07 Å². The van der Waals surface area contributed by atoms with Crippen LogP contribution in [-0.4, -0.2) is 6.21 Å². The lowest BCUT2D eigenvalue weighted by molar-refractivity contribution is -0.137. The predicted octanol–water partition coefficient (Wildman–Crippen LogP) is 4.60. The molecule has 0 amide bonds. The third kappa shape index (κ3) is 3.40. The second-order valence-electron chi connectivity index (χ2n) is 3.82. The van der Waals surface area contributed by atoms with Crippen LogP contribution in [0.25, 0.3) is 0 Å². The lowest BCUT2D eigenvalue weighted by Gasteiger charge is -2.08. The molecule has 0 aromatic heterocycles. The van der Waals surface area contributed by atoms with E-state index in [4.69, 9.17) is 0 Å². The minimum atomic E-state index is -4.45. The monoisotopic (exact) mass is 267 g/mol. The van der Waals surface area contributed by atoms with Crippen molar-refractivity contribution in [3.8, 4) is 0 Å². The third-order valence-corrected chi connectivity index (χ3v) is 2.43. The number of nitrogens with zero attached hydrogens (tertiary/aromatic N) is 1. The summed E-state index contributed by atoms with van der Waals surface area (Å²) in [5.74, 6) is -0.409. The largest absolute Gasteiger partial charge is 0.418 e. The zero-order valence-electron chi connectivity index (χ0n) is 9.66. The van der Waals surface area contributed by atoms with E-state index >= 15 is 0 Å². The molecular formula is C14H9F4N. The average molecular weight is 267 g/mol. The van der Waals surface area contributed by atoms with Crippen molar-refractivity contribution in [3.05, 3.63) is 65.5 Å². The van der Waals surface area contributed by atoms with Gasteiger partial charge in [-0.05, 0) is 29.8 Å². The van der Waals surface area contributed by atoms with Crippen LogP contribution in [0.2, 0.25) is 0 Å². The topological polar surface area (TPSA) is 12.4 Å². The highest BCUT2D eigenvalue weighted by molar-refractivity contribution is 5.82. The summed E-state index contributed by atoms with van der Waals surface area (Å²) < 4.78 is 50.8. The Labute approximate surface area is 107 Å². The van der Waals surface area contributed by atoms with Crippen LogP contribution in [0.3, 0.4) is 0 Å². The molecule has 1 nitrogen and oxygen atoms in total. The maximum atomic E-state index is 12.7. The van der Waals surface area contributed by atoms with Gasteiger partial charge in [0, 0.05) is 6.21 Å². The molecule has 2 rings (SSSR count). The Hall–Kier alpha value is -2.17. The number of hydrogen-bond acceptors (Lipinski definition) is 1. The standard InChI is InChI=1S/C14H9F4N/c15-11-7-5-10(6-8-11)9-19-13-4-2-1-3-12(13)14(16,17)18/h1-9H. The van der Waals surface area contributed by atoms with Gasteiger partial charge in [-0.3, -0.25) is 4.99 Å². The van der Waals surface area contributed by atoms with Gasteiger partial charge < -0.3 is 0 Å². The minimum absolute atomic E-state index is 0.167. The highest BCUT2D eigenvalue weighted by Crippen LogP contribution is 2.35. The van der Waals surface area contributed by atoms with Gasteiger partial charge in [0.2, 0.25) is 0 Å². The van der Waals surface area contributed by atoms with Crippen molar-refractivity contribution in [2.75, 3.05) is 0 Å². The van der Waals surface area contributed by atoms with E-state index in [9.17, 15) is 17.6 Å². The van der Waals surface area contributed by atoms with E-state index in [0.29, 0.717) is 5.56 Å². The van der Waals surface area contributed by atoms with Gasteiger partial charge in [-0.15, -0.1) is 0 Å². The molecular weight excluding hydrogens is 258 g/mol. The molecule has 2 aromatic rings. The highest BCUT2D eigenvalue weighted by Gasteiger charge is 2.32. The number of benzene rings is 2. The van der Waals surface area contributed by atoms with Crippen molar-refractivity contribution < 1.29 is 17.6 Å². The van der Waals surface area contributed by atoms with Crippen LogP contribution in [0.4, 0.5) is 23.2 Å². The number of rotatable bonds is 2.